The van der Waals surface area contributed by atoms with E-state index in [0.29, 0.717) is 22.9 Å². The standard InChI is InChI=1S/C23H26N2O6/c1-14-6-5-7-18(15(14)2)24-21(26)13-31-23(28)16-10-22(27)25(12-16)19-9-8-17(29-3)11-20(19)30-4/h5-9,11,16H,10,12-13H2,1-4H3,(H,24,26)/t16-/m0/s1. The summed E-state index contributed by atoms with van der Waals surface area (Å²) in [7, 11) is 3.04. The number of amides is 2. The average Bonchev–Trinajstić information content (AvgIpc) is 3.16. The molecule has 164 valence electrons. The van der Waals surface area contributed by atoms with Crippen molar-refractivity contribution in [2.75, 3.05) is 37.6 Å². The number of anilines is 2. The number of methoxy groups -OCH3 is 2. The zero-order valence-corrected chi connectivity index (χ0v) is 18.1. The molecule has 1 saturated heterocycles. The molecule has 2 amide bonds. The van der Waals surface area contributed by atoms with Gasteiger partial charge in [0, 0.05) is 24.7 Å². The molecule has 8 heteroatoms. The van der Waals surface area contributed by atoms with Crippen LogP contribution in [0.4, 0.5) is 11.4 Å². The summed E-state index contributed by atoms with van der Waals surface area (Å²) in [6.07, 6.45) is 0.00657. The fourth-order valence-corrected chi connectivity index (χ4v) is 3.43. The highest BCUT2D eigenvalue weighted by Gasteiger charge is 2.37. The summed E-state index contributed by atoms with van der Waals surface area (Å²) in [5, 5.41) is 2.74. The number of hydrogen-bond donors (Lipinski definition) is 1. The Morgan fingerprint density at radius 2 is 1.90 bits per heavy atom. The Morgan fingerprint density at radius 1 is 1.13 bits per heavy atom. The highest BCUT2D eigenvalue weighted by Crippen LogP contribution is 2.36. The van der Waals surface area contributed by atoms with Crippen LogP contribution < -0.4 is 19.7 Å². The molecule has 2 aromatic carbocycles. The van der Waals surface area contributed by atoms with Gasteiger partial charge in [-0.05, 0) is 43.2 Å². The van der Waals surface area contributed by atoms with E-state index in [1.165, 1.54) is 19.1 Å². The van der Waals surface area contributed by atoms with Gasteiger partial charge in [0.25, 0.3) is 5.91 Å². The van der Waals surface area contributed by atoms with E-state index in [-0.39, 0.29) is 18.9 Å². The van der Waals surface area contributed by atoms with Gasteiger partial charge in [0.05, 0.1) is 25.8 Å². The SMILES string of the molecule is COc1ccc(N2C[C@@H](C(=O)OCC(=O)Nc3cccc(C)c3C)CC2=O)c(OC)c1. The number of rotatable bonds is 7. The molecule has 1 fully saturated rings. The minimum atomic E-state index is -0.659. The lowest BCUT2D eigenvalue weighted by molar-refractivity contribution is -0.151. The average molecular weight is 426 g/mol. The van der Waals surface area contributed by atoms with Crippen molar-refractivity contribution in [3.8, 4) is 11.5 Å². The van der Waals surface area contributed by atoms with Crippen LogP contribution in [0.25, 0.3) is 0 Å². The molecule has 31 heavy (non-hydrogen) atoms. The van der Waals surface area contributed by atoms with Crippen molar-refractivity contribution in [2.45, 2.75) is 20.3 Å². The minimum absolute atomic E-state index is 0.00657. The van der Waals surface area contributed by atoms with Gasteiger partial charge in [-0.15, -0.1) is 0 Å². The van der Waals surface area contributed by atoms with Gasteiger partial charge in [0.2, 0.25) is 5.91 Å². The van der Waals surface area contributed by atoms with Crippen molar-refractivity contribution in [3.63, 3.8) is 0 Å². The maximum Gasteiger partial charge on any atom is 0.311 e. The lowest BCUT2D eigenvalue weighted by Gasteiger charge is -2.20. The van der Waals surface area contributed by atoms with Crippen LogP contribution in [0.1, 0.15) is 17.5 Å². The Balaban J connectivity index is 1.59. The normalized spacial score (nSPS) is 15.5. The van der Waals surface area contributed by atoms with Gasteiger partial charge in [0.1, 0.15) is 11.5 Å². The summed E-state index contributed by atoms with van der Waals surface area (Å²) >= 11 is 0. The van der Waals surface area contributed by atoms with Gasteiger partial charge >= 0.3 is 5.97 Å². The molecular weight excluding hydrogens is 400 g/mol. The molecule has 1 aliphatic heterocycles. The summed E-state index contributed by atoms with van der Waals surface area (Å²) in [4.78, 5) is 38.7. The van der Waals surface area contributed by atoms with Crippen LogP contribution in [0.15, 0.2) is 36.4 Å². The molecule has 1 heterocycles. The first kappa shape index (κ1) is 22.1. The third kappa shape index (κ3) is 4.96. The van der Waals surface area contributed by atoms with E-state index in [0.717, 1.165) is 11.1 Å². The number of nitrogens with one attached hydrogen (secondary N) is 1. The van der Waals surface area contributed by atoms with Gasteiger partial charge in [-0.2, -0.15) is 0 Å². The summed E-state index contributed by atoms with van der Waals surface area (Å²) in [5.41, 5.74) is 3.23. The predicted molar refractivity (Wildman–Crippen MR) is 116 cm³/mol. The summed E-state index contributed by atoms with van der Waals surface area (Å²) in [6.45, 7) is 3.59. The van der Waals surface area contributed by atoms with Crippen LogP contribution in [-0.2, 0) is 19.1 Å². The predicted octanol–water partition coefficient (Wildman–Crippen LogP) is 2.86. The molecule has 1 atom stereocenters. The Hall–Kier alpha value is -3.55. The van der Waals surface area contributed by atoms with Crippen molar-refractivity contribution in [3.05, 3.63) is 47.5 Å². The first-order chi connectivity index (χ1) is 14.8. The van der Waals surface area contributed by atoms with Crippen molar-refractivity contribution in [2.24, 2.45) is 5.92 Å². The van der Waals surface area contributed by atoms with Crippen LogP contribution in [0.3, 0.4) is 0 Å². The molecule has 0 aliphatic carbocycles. The van der Waals surface area contributed by atoms with Gasteiger partial charge in [-0.3, -0.25) is 14.4 Å². The van der Waals surface area contributed by atoms with E-state index in [1.807, 2.05) is 26.0 Å². The van der Waals surface area contributed by atoms with Crippen LogP contribution >= 0.6 is 0 Å². The molecule has 0 spiro atoms. The van der Waals surface area contributed by atoms with Crippen molar-refractivity contribution >= 4 is 29.2 Å². The van der Waals surface area contributed by atoms with E-state index in [2.05, 4.69) is 5.32 Å². The second kappa shape index (κ2) is 9.51. The number of carbonyl (C=O) groups excluding carboxylic acids is 3. The van der Waals surface area contributed by atoms with Gasteiger partial charge < -0.3 is 24.4 Å². The topological polar surface area (TPSA) is 94.2 Å². The van der Waals surface area contributed by atoms with Crippen LogP contribution in [0.5, 0.6) is 11.5 Å². The number of carbonyl (C=O) groups is 3. The van der Waals surface area contributed by atoms with E-state index < -0.39 is 24.4 Å². The molecule has 0 bridgehead atoms. The van der Waals surface area contributed by atoms with E-state index in [4.69, 9.17) is 14.2 Å². The first-order valence-corrected chi connectivity index (χ1v) is 9.89. The fourth-order valence-electron chi connectivity index (χ4n) is 3.43. The highest BCUT2D eigenvalue weighted by molar-refractivity contribution is 6.01. The molecule has 0 saturated carbocycles. The largest absolute Gasteiger partial charge is 0.497 e. The van der Waals surface area contributed by atoms with Crippen LogP contribution in [0.2, 0.25) is 0 Å². The first-order valence-electron chi connectivity index (χ1n) is 9.89. The monoisotopic (exact) mass is 426 g/mol. The molecule has 1 aliphatic rings. The Kier molecular flexibility index (Phi) is 6.79. The molecule has 8 nitrogen and oxygen atoms in total. The third-order valence-electron chi connectivity index (χ3n) is 5.36. The number of benzene rings is 2. The number of hydrogen-bond acceptors (Lipinski definition) is 6. The minimum Gasteiger partial charge on any atom is -0.497 e. The van der Waals surface area contributed by atoms with Crippen LogP contribution in [-0.4, -0.2) is 45.2 Å². The molecule has 1 N–H and O–H groups in total. The maximum absolute atomic E-state index is 12.5. The van der Waals surface area contributed by atoms with Crippen molar-refractivity contribution in [1.29, 1.82) is 0 Å². The fraction of sp³-hybridized carbons (Fsp3) is 0.348. The van der Waals surface area contributed by atoms with E-state index in [1.54, 1.807) is 24.3 Å². The summed E-state index contributed by atoms with van der Waals surface area (Å²) in [5.74, 6) is -0.828. The molecule has 2 aromatic rings. The number of aryl methyl sites for hydroxylation is 1. The zero-order valence-electron chi connectivity index (χ0n) is 18.1. The molecular formula is C23H26N2O6. The number of esters is 1. The lowest BCUT2D eigenvalue weighted by Crippen LogP contribution is -2.28. The maximum atomic E-state index is 12.5. The number of ether oxygens (including phenoxy) is 3. The second-order valence-corrected chi connectivity index (χ2v) is 7.35. The van der Waals surface area contributed by atoms with Gasteiger partial charge in [-0.1, -0.05) is 12.1 Å². The van der Waals surface area contributed by atoms with Crippen LogP contribution in [0, 0.1) is 19.8 Å². The van der Waals surface area contributed by atoms with E-state index >= 15 is 0 Å². The second-order valence-electron chi connectivity index (χ2n) is 7.35. The van der Waals surface area contributed by atoms with Crippen molar-refractivity contribution < 1.29 is 28.6 Å². The Morgan fingerprint density at radius 3 is 2.61 bits per heavy atom. The van der Waals surface area contributed by atoms with E-state index in [9.17, 15) is 14.4 Å². The van der Waals surface area contributed by atoms with Crippen molar-refractivity contribution in [1.82, 2.24) is 0 Å². The third-order valence-corrected chi connectivity index (χ3v) is 5.36. The highest BCUT2D eigenvalue weighted by atomic mass is 16.5. The van der Waals surface area contributed by atoms with Gasteiger partial charge in [-0.25, -0.2) is 0 Å². The summed E-state index contributed by atoms with van der Waals surface area (Å²) < 4.78 is 15.7. The quantitative estimate of drug-likeness (QED) is 0.685. The van der Waals surface area contributed by atoms with Gasteiger partial charge in [0.15, 0.2) is 6.61 Å². The molecule has 0 aromatic heterocycles. The zero-order chi connectivity index (χ0) is 22.5. The number of nitrogens with zero attached hydrogens (tertiary/aromatic N) is 1. The summed E-state index contributed by atoms with van der Waals surface area (Å²) in [6, 6.07) is 10.7. The lowest BCUT2D eigenvalue weighted by atomic mass is 10.1. The Bertz CT molecular complexity index is 1000. The molecule has 0 unspecified atom stereocenters. The smallest absolute Gasteiger partial charge is 0.311 e. The Labute approximate surface area is 181 Å². The molecule has 0 radical (unpaired) electrons. The molecule has 3 rings (SSSR count).